The van der Waals surface area contributed by atoms with Gasteiger partial charge in [0.25, 0.3) is 0 Å². The number of benzene rings is 1. The molecule has 6 nitrogen and oxygen atoms in total. The number of Topliss-reactive ketones (excluding diaryl/α,β-unsaturated/α-hetero) is 1. The second-order valence-electron chi connectivity index (χ2n) is 7.33. The quantitative estimate of drug-likeness (QED) is 0.766. The Morgan fingerprint density at radius 2 is 2.04 bits per heavy atom. The molecular weight excluding hydrogens is 344 g/mol. The number of hydrogen-bond acceptors (Lipinski definition) is 5. The van der Waals surface area contributed by atoms with Crippen molar-refractivity contribution >= 4 is 17.4 Å². The van der Waals surface area contributed by atoms with E-state index in [0.29, 0.717) is 17.1 Å². The molecule has 2 N–H and O–H groups in total. The van der Waals surface area contributed by atoms with Crippen LogP contribution in [0.5, 0.6) is 5.88 Å². The van der Waals surface area contributed by atoms with Crippen molar-refractivity contribution in [1.82, 2.24) is 4.98 Å². The normalized spacial score (nSPS) is 19.6. The topological polar surface area (TPSA) is 88.5 Å². The second-order valence-corrected chi connectivity index (χ2v) is 7.33. The first-order valence-electron chi connectivity index (χ1n) is 8.94. The van der Waals surface area contributed by atoms with E-state index in [2.05, 4.69) is 10.3 Å². The third kappa shape index (κ3) is 3.21. The Labute approximate surface area is 158 Å². The van der Waals surface area contributed by atoms with Gasteiger partial charge in [-0.05, 0) is 30.5 Å². The van der Waals surface area contributed by atoms with Crippen molar-refractivity contribution in [3.63, 3.8) is 0 Å². The van der Waals surface area contributed by atoms with Crippen molar-refractivity contribution < 1.29 is 19.4 Å². The number of pyridine rings is 1. The molecule has 1 aromatic carbocycles. The molecule has 2 atom stereocenters. The average molecular weight is 368 g/mol. The summed E-state index contributed by atoms with van der Waals surface area (Å²) in [4.78, 5) is 30.2. The summed E-state index contributed by atoms with van der Waals surface area (Å²) in [6.45, 7) is 5.59. The van der Waals surface area contributed by atoms with Crippen LogP contribution in [0.15, 0.2) is 36.4 Å². The molecule has 0 saturated carbocycles. The van der Waals surface area contributed by atoms with Gasteiger partial charge in [0.15, 0.2) is 5.78 Å². The van der Waals surface area contributed by atoms with Gasteiger partial charge in [-0.3, -0.25) is 9.59 Å². The maximum atomic E-state index is 13.0. The van der Waals surface area contributed by atoms with Gasteiger partial charge >= 0.3 is 0 Å². The number of aliphatic hydroxyl groups excluding tert-OH is 1. The SMILES string of the molecule is COc1cccc(C(=O)CC2(C(O)C(C)C)C(=O)Nc3ccc(C)cc32)n1. The van der Waals surface area contributed by atoms with E-state index < -0.39 is 11.5 Å². The monoisotopic (exact) mass is 368 g/mol. The molecule has 0 spiro atoms. The number of ether oxygens (including phenoxy) is 1. The van der Waals surface area contributed by atoms with Gasteiger partial charge in [-0.2, -0.15) is 0 Å². The molecule has 1 amide bonds. The zero-order valence-electron chi connectivity index (χ0n) is 15.9. The third-order valence-electron chi connectivity index (χ3n) is 5.10. The Hall–Kier alpha value is -2.73. The molecule has 2 unspecified atom stereocenters. The number of fused-ring (bicyclic) bond motifs is 1. The predicted molar refractivity (Wildman–Crippen MR) is 102 cm³/mol. The Morgan fingerprint density at radius 3 is 2.70 bits per heavy atom. The fourth-order valence-corrected chi connectivity index (χ4v) is 3.66. The Morgan fingerprint density at radius 1 is 1.30 bits per heavy atom. The molecule has 27 heavy (non-hydrogen) atoms. The van der Waals surface area contributed by atoms with Gasteiger partial charge in [0.1, 0.15) is 11.1 Å². The van der Waals surface area contributed by atoms with Crippen LogP contribution in [0, 0.1) is 12.8 Å². The summed E-state index contributed by atoms with van der Waals surface area (Å²) >= 11 is 0. The van der Waals surface area contributed by atoms with Crippen LogP contribution in [0.3, 0.4) is 0 Å². The number of anilines is 1. The first kappa shape index (κ1) is 19.0. The summed E-state index contributed by atoms with van der Waals surface area (Å²) in [5, 5.41) is 13.9. The molecule has 0 aliphatic carbocycles. The van der Waals surface area contributed by atoms with Gasteiger partial charge in [0, 0.05) is 18.2 Å². The van der Waals surface area contributed by atoms with E-state index >= 15 is 0 Å². The number of carbonyl (C=O) groups excluding carboxylic acids is 2. The smallest absolute Gasteiger partial charge is 0.238 e. The molecule has 1 aromatic heterocycles. The van der Waals surface area contributed by atoms with E-state index in [4.69, 9.17) is 4.74 Å². The average Bonchev–Trinajstić information content (AvgIpc) is 2.93. The number of aromatic nitrogens is 1. The molecule has 0 radical (unpaired) electrons. The van der Waals surface area contributed by atoms with Crippen LogP contribution in [0.1, 0.15) is 41.9 Å². The number of methoxy groups -OCH3 is 1. The van der Waals surface area contributed by atoms with E-state index in [1.807, 2.05) is 39.0 Å². The summed E-state index contributed by atoms with van der Waals surface area (Å²) in [6, 6.07) is 10.5. The third-order valence-corrected chi connectivity index (χ3v) is 5.10. The maximum absolute atomic E-state index is 13.0. The Kier molecular flexibility index (Phi) is 5.02. The number of amides is 1. The standard InChI is InChI=1S/C21H24N2O4/c1-12(2)19(25)21(11-17(24)16-6-5-7-18(22-16)27-4)14-10-13(3)8-9-15(14)23-20(21)26/h5-10,12,19,25H,11H2,1-4H3,(H,23,26). The van der Waals surface area contributed by atoms with Crippen molar-refractivity contribution in [2.75, 3.05) is 12.4 Å². The van der Waals surface area contributed by atoms with Crippen LogP contribution >= 0.6 is 0 Å². The highest BCUT2D eigenvalue weighted by Crippen LogP contribution is 2.45. The van der Waals surface area contributed by atoms with Crippen LogP contribution in [0.2, 0.25) is 0 Å². The fourth-order valence-electron chi connectivity index (χ4n) is 3.66. The molecule has 0 fully saturated rings. The summed E-state index contributed by atoms with van der Waals surface area (Å²) in [5.74, 6) is -0.571. The number of aliphatic hydroxyl groups is 1. The molecule has 2 aromatic rings. The molecule has 6 heteroatoms. The lowest BCUT2D eigenvalue weighted by molar-refractivity contribution is -0.126. The second kappa shape index (κ2) is 7.12. The van der Waals surface area contributed by atoms with Crippen molar-refractivity contribution in [2.45, 2.75) is 38.7 Å². The lowest BCUT2D eigenvalue weighted by atomic mass is 9.69. The van der Waals surface area contributed by atoms with Crippen LogP contribution in [-0.4, -0.2) is 35.0 Å². The van der Waals surface area contributed by atoms with Gasteiger partial charge in [-0.25, -0.2) is 4.98 Å². The van der Waals surface area contributed by atoms with Crippen LogP contribution in [-0.2, 0) is 10.2 Å². The first-order chi connectivity index (χ1) is 12.8. The number of nitrogens with zero attached hydrogens (tertiary/aromatic N) is 1. The number of nitrogens with one attached hydrogen (secondary N) is 1. The van der Waals surface area contributed by atoms with Crippen molar-refractivity contribution in [3.8, 4) is 5.88 Å². The zero-order valence-corrected chi connectivity index (χ0v) is 15.9. The highest BCUT2D eigenvalue weighted by molar-refractivity contribution is 6.10. The van der Waals surface area contributed by atoms with Crippen LogP contribution < -0.4 is 10.1 Å². The van der Waals surface area contributed by atoms with E-state index in [1.165, 1.54) is 7.11 Å². The predicted octanol–water partition coefficient (Wildman–Crippen LogP) is 2.88. The molecule has 0 bridgehead atoms. The van der Waals surface area contributed by atoms with Crippen LogP contribution in [0.25, 0.3) is 0 Å². The minimum absolute atomic E-state index is 0.172. The van der Waals surface area contributed by atoms with Crippen molar-refractivity contribution in [2.24, 2.45) is 5.92 Å². The Balaban J connectivity index is 2.09. The molecular formula is C21H24N2O4. The number of carbonyl (C=O) groups is 2. The number of aryl methyl sites for hydroxylation is 1. The Bertz CT molecular complexity index is 894. The van der Waals surface area contributed by atoms with Gasteiger partial charge in [-0.1, -0.05) is 37.6 Å². The highest BCUT2D eigenvalue weighted by atomic mass is 16.5. The number of ketones is 1. The van der Waals surface area contributed by atoms with E-state index in [1.54, 1.807) is 18.2 Å². The van der Waals surface area contributed by atoms with E-state index in [0.717, 1.165) is 5.56 Å². The fraction of sp³-hybridized carbons (Fsp3) is 0.381. The molecule has 1 aliphatic rings. The van der Waals surface area contributed by atoms with Gasteiger partial charge < -0.3 is 15.2 Å². The summed E-state index contributed by atoms with van der Waals surface area (Å²) in [6.07, 6.45) is -1.19. The van der Waals surface area contributed by atoms with Crippen LogP contribution in [0.4, 0.5) is 5.69 Å². The molecule has 1 aliphatic heterocycles. The largest absolute Gasteiger partial charge is 0.481 e. The minimum atomic E-state index is -1.35. The first-order valence-corrected chi connectivity index (χ1v) is 8.94. The summed E-state index contributed by atoms with van der Waals surface area (Å²) in [5.41, 5.74) is 1.11. The van der Waals surface area contributed by atoms with Gasteiger partial charge in [0.2, 0.25) is 11.8 Å². The van der Waals surface area contributed by atoms with E-state index in [9.17, 15) is 14.7 Å². The lowest BCUT2D eigenvalue weighted by Crippen LogP contribution is -2.49. The summed E-state index contributed by atoms with van der Waals surface area (Å²) < 4.78 is 5.09. The van der Waals surface area contributed by atoms with Crippen molar-refractivity contribution in [1.29, 1.82) is 0 Å². The molecule has 142 valence electrons. The minimum Gasteiger partial charge on any atom is -0.481 e. The summed E-state index contributed by atoms with van der Waals surface area (Å²) in [7, 11) is 1.48. The van der Waals surface area contributed by atoms with Gasteiger partial charge in [0.05, 0.1) is 13.2 Å². The number of hydrogen-bond donors (Lipinski definition) is 2. The number of rotatable bonds is 6. The van der Waals surface area contributed by atoms with Crippen molar-refractivity contribution in [3.05, 3.63) is 53.2 Å². The maximum Gasteiger partial charge on any atom is 0.238 e. The van der Waals surface area contributed by atoms with Gasteiger partial charge in [-0.15, -0.1) is 0 Å². The van der Waals surface area contributed by atoms with E-state index in [-0.39, 0.29) is 29.7 Å². The zero-order chi connectivity index (χ0) is 19.8. The molecule has 0 saturated heterocycles. The molecule has 3 rings (SSSR count). The molecule has 2 heterocycles. The highest BCUT2D eigenvalue weighted by Gasteiger charge is 2.54. The lowest BCUT2D eigenvalue weighted by Gasteiger charge is -2.34.